The van der Waals surface area contributed by atoms with E-state index >= 15 is 0 Å². The van der Waals surface area contributed by atoms with Crippen LogP contribution in [0.5, 0.6) is 0 Å². The molecule has 0 aliphatic rings. The zero-order valence-corrected chi connectivity index (χ0v) is 16.8. The first-order chi connectivity index (χ1) is 12.2. The van der Waals surface area contributed by atoms with Gasteiger partial charge in [0.2, 0.25) is 0 Å². The Balaban J connectivity index is 0.00000364. The monoisotopic (exact) mass is 419 g/mol. The number of aliphatic hydroxyl groups excluding tert-OH is 1. The third-order valence-corrected chi connectivity index (χ3v) is 4.83. The molecule has 0 amide bonds. The van der Waals surface area contributed by atoms with Crippen molar-refractivity contribution in [3.8, 4) is 0 Å². The summed E-state index contributed by atoms with van der Waals surface area (Å²) in [7, 11) is 0. The third kappa shape index (κ3) is 7.18. The van der Waals surface area contributed by atoms with Gasteiger partial charge in [0.25, 0.3) is 0 Å². The second-order valence-corrected chi connectivity index (χ2v) is 7.74. The number of carboxylic acids is 1. The fraction of sp³-hybridized carbons (Fsp3) is 0.421. The number of aliphatic carboxylic acids is 1. The van der Waals surface area contributed by atoms with E-state index < -0.39 is 23.7 Å². The summed E-state index contributed by atoms with van der Waals surface area (Å²) in [6.07, 6.45) is -0.620. The standard InChI is InChI=1S/C19H23F2NO3S.ClH/c1-19(2,9-13-5-6-26-11-13)22-10-16(23)14-7-12(3-4-17(24)25)8-15(20)18(14)21;/h5-8,11,16,22-23H,3-4,9-10H2,1-2H3,(H,24,25);1H/t16-;/m1./s1. The van der Waals surface area contributed by atoms with E-state index in [4.69, 9.17) is 5.11 Å². The molecule has 0 aliphatic heterocycles. The molecule has 0 aliphatic carbocycles. The first-order valence-electron chi connectivity index (χ1n) is 8.32. The van der Waals surface area contributed by atoms with Gasteiger partial charge in [0.05, 0.1) is 6.10 Å². The molecule has 1 aromatic carbocycles. The van der Waals surface area contributed by atoms with Crippen LogP contribution >= 0.6 is 23.7 Å². The molecule has 0 saturated carbocycles. The van der Waals surface area contributed by atoms with E-state index in [9.17, 15) is 18.7 Å². The van der Waals surface area contributed by atoms with Gasteiger partial charge in [-0.1, -0.05) is 0 Å². The lowest BCUT2D eigenvalue weighted by Gasteiger charge is -2.28. The van der Waals surface area contributed by atoms with Crippen molar-refractivity contribution in [2.24, 2.45) is 0 Å². The molecule has 1 heterocycles. The highest BCUT2D eigenvalue weighted by Crippen LogP contribution is 2.23. The van der Waals surface area contributed by atoms with Crippen LogP contribution in [0.4, 0.5) is 8.78 Å². The molecule has 0 spiro atoms. The Bertz CT molecular complexity index is 754. The molecule has 1 aromatic heterocycles. The number of halogens is 3. The van der Waals surface area contributed by atoms with Crippen LogP contribution < -0.4 is 5.32 Å². The van der Waals surface area contributed by atoms with Gasteiger partial charge in [0.15, 0.2) is 11.6 Å². The van der Waals surface area contributed by atoms with Gasteiger partial charge in [-0.05, 0) is 66.8 Å². The molecule has 2 aromatic rings. The number of benzene rings is 1. The molecule has 0 unspecified atom stereocenters. The first kappa shape index (κ1) is 23.5. The number of carboxylic acid groups (broad SMARTS) is 1. The van der Waals surface area contributed by atoms with Gasteiger partial charge in [-0.3, -0.25) is 4.79 Å². The second kappa shape index (κ2) is 10.1. The van der Waals surface area contributed by atoms with E-state index in [1.54, 1.807) is 11.3 Å². The number of nitrogens with one attached hydrogen (secondary N) is 1. The second-order valence-electron chi connectivity index (χ2n) is 6.96. The van der Waals surface area contributed by atoms with Crippen LogP contribution in [0.2, 0.25) is 0 Å². The zero-order valence-electron chi connectivity index (χ0n) is 15.2. The molecule has 0 saturated heterocycles. The van der Waals surface area contributed by atoms with Gasteiger partial charge < -0.3 is 15.5 Å². The molecule has 3 N–H and O–H groups in total. The lowest BCUT2D eigenvalue weighted by Crippen LogP contribution is -2.43. The number of β-amino-alcohol motifs (C(OH)–C–C–N with tert-alkyl or cyclic N) is 1. The molecule has 2 rings (SSSR count). The Morgan fingerprint density at radius 3 is 2.59 bits per heavy atom. The maximum absolute atomic E-state index is 14.1. The Kier molecular flexibility index (Phi) is 8.81. The summed E-state index contributed by atoms with van der Waals surface area (Å²) >= 11 is 1.60. The predicted molar refractivity (Wildman–Crippen MR) is 105 cm³/mol. The summed E-state index contributed by atoms with van der Waals surface area (Å²) < 4.78 is 27.9. The highest BCUT2D eigenvalue weighted by Gasteiger charge is 2.23. The number of hydrogen-bond donors (Lipinski definition) is 3. The van der Waals surface area contributed by atoms with Crippen molar-refractivity contribution in [1.29, 1.82) is 0 Å². The van der Waals surface area contributed by atoms with Crippen molar-refractivity contribution in [2.45, 2.75) is 44.8 Å². The number of rotatable bonds is 9. The number of aliphatic hydroxyl groups is 1. The average Bonchev–Trinajstić information content (AvgIpc) is 3.05. The van der Waals surface area contributed by atoms with Gasteiger partial charge in [0.1, 0.15) is 0 Å². The Morgan fingerprint density at radius 2 is 2.00 bits per heavy atom. The molecular formula is C19H24ClF2NO3S. The number of thiophene rings is 1. The van der Waals surface area contributed by atoms with E-state index in [2.05, 4.69) is 5.32 Å². The van der Waals surface area contributed by atoms with Crippen molar-refractivity contribution in [3.05, 3.63) is 57.3 Å². The van der Waals surface area contributed by atoms with Crippen LogP contribution in [0.15, 0.2) is 29.0 Å². The van der Waals surface area contributed by atoms with Gasteiger partial charge in [-0.15, -0.1) is 12.4 Å². The van der Waals surface area contributed by atoms with Gasteiger partial charge in [-0.2, -0.15) is 11.3 Å². The van der Waals surface area contributed by atoms with Gasteiger partial charge >= 0.3 is 5.97 Å². The van der Waals surface area contributed by atoms with Crippen LogP contribution in [0.25, 0.3) is 0 Å². The molecule has 0 radical (unpaired) electrons. The van der Waals surface area contributed by atoms with Crippen molar-refractivity contribution < 1.29 is 23.8 Å². The lowest BCUT2D eigenvalue weighted by molar-refractivity contribution is -0.136. The zero-order chi connectivity index (χ0) is 19.3. The van der Waals surface area contributed by atoms with Crippen LogP contribution in [0, 0.1) is 11.6 Å². The number of hydrogen-bond acceptors (Lipinski definition) is 4. The topological polar surface area (TPSA) is 69.6 Å². The Labute approximate surface area is 167 Å². The van der Waals surface area contributed by atoms with E-state index in [1.807, 2.05) is 30.7 Å². The number of aryl methyl sites for hydroxylation is 1. The summed E-state index contributed by atoms with van der Waals surface area (Å²) in [5.74, 6) is -3.21. The highest BCUT2D eigenvalue weighted by molar-refractivity contribution is 7.07. The molecule has 4 nitrogen and oxygen atoms in total. The molecule has 1 atom stereocenters. The molecule has 0 fully saturated rings. The molecular weight excluding hydrogens is 396 g/mol. The van der Waals surface area contributed by atoms with Gasteiger partial charge in [0, 0.05) is 24.1 Å². The summed E-state index contributed by atoms with van der Waals surface area (Å²) in [6, 6.07) is 4.33. The summed E-state index contributed by atoms with van der Waals surface area (Å²) in [4.78, 5) is 10.7. The Hall–Kier alpha value is -1.54. The normalized spacial score (nSPS) is 12.5. The molecule has 27 heavy (non-hydrogen) atoms. The van der Waals surface area contributed by atoms with E-state index in [0.29, 0.717) is 5.56 Å². The maximum atomic E-state index is 14.1. The molecule has 0 bridgehead atoms. The summed E-state index contributed by atoms with van der Waals surface area (Å²) in [5.41, 5.74) is 1.01. The minimum atomic E-state index is -1.24. The summed E-state index contributed by atoms with van der Waals surface area (Å²) in [5, 5.41) is 26.3. The minimum Gasteiger partial charge on any atom is -0.481 e. The quantitative estimate of drug-likeness (QED) is 0.572. The minimum absolute atomic E-state index is 0. The smallest absolute Gasteiger partial charge is 0.303 e. The van der Waals surface area contributed by atoms with Crippen LogP contribution in [-0.2, 0) is 17.6 Å². The summed E-state index contributed by atoms with van der Waals surface area (Å²) in [6.45, 7) is 3.99. The van der Waals surface area contributed by atoms with Crippen LogP contribution in [0.3, 0.4) is 0 Å². The third-order valence-electron chi connectivity index (χ3n) is 4.10. The molecule has 150 valence electrons. The van der Waals surface area contributed by atoms with E-state index in [0.717, 1.165) is 18.1 Å². The van der Waals surface area contributed by atoms with Gasteiger partial charge in [-0.25, -0.2) is 8.78 Å². The van der Waals surface area contributed by atoms with Crippen molar-refractivity contribution in [3.63, 3.8) is 0 Å². The first-order valence-corrected chi connectivity index (χ1v) is 9.26. The average molecular weight is 420 g/mol. The number of carbonyl (C=O) groups is 1. The van der Waals surface area contributed by atoms with E-state index in [1.165, 1.54) is 6.07 Å². The fourth-order valence-corrected chi connectivity index (χ4v) is 3.42. The lowest BCUT2D eigenvalue weighted by atomic mass is 9.95. The maximum Gasteiger partial charge on any atom is 0.303 e. The fourth-order valence-electron chi connectivity index (χ4n) is 2.76. The Morgan fingerprint density at radius 1 is 1.30 bits per heavy atom. The highest BCUT2D eigenvalue weighted by atomic mass is 35.5. The predicted octanol–water partition coefficient (Wildman–Crippen LogP) is 4.11. The van der Waals surface area contributed by atoms with Crippen molar-refractivity contribution in [2.75, 3.05) is 6.54 Å². The van der Waals surface area contributed by atoms with Crippen molar-refractivity contribution in [1.82, 2.24) is 5.32 Å². The molecule has 8 heteroatoms. The van der Waals surface area contributed by atoms with Crippen LogP contribution in [-0.4, -0.2) is 28.3 Å². The SMILES string of the molecule is CC(C)(Cc1ccsc1)NC[C@@H](O)c1cc(CCC(=O)O)cc(F)c1F.Cl. The largest absolute Gasteiger partial charge is 0.481 e. The van der Waals surface area contributed by atoms with E-state index in [-0.39, 0.29) is 42.9 Å². The van der Waals surface area contributed by atoms with Crippen molar-refractivity contribution >= 4 is 29.7 Å². The van der Waals surface area contributed by atoms with Crippen LogP contribution in [0.1, 0.15) is 43.1 Å².